The summed E-state index contributed by atoms with van der Waals surface area (Å²) in [6.07, 6.45) is 2.29. The number of carboxylic acid groups (broad SMARTS) is 2. The van der Waals surface area contributed by atoms with E-state index in [2.05, 4.69) is 9.68 Å². The van der Waals surface area contributed by atoms with Crippen molar-refractivity contribution in [1.82, 2.24) is 5.16 Å². The normalized spacial score (nSPS) is 8.00. The van der Waals surface area contributed by atoms with Gasteiger partial charge in [0.2, 0.25) is 0 Å². The maximum atomic E-state index is 9.43. The first-order valence-corrected chi connectivity index (χ1v) is 2.91. The Bertz CT molecular complexity index is 201. The van der Waals surface area contributed by atoms with Crippen LogP contribution in [-0.2, 0) is 9.59 Å². The summed E-state index contributed by atoms with van der Waals surface area (Å²) in [7, 11) is 0. The molecule has 6 heteroatoms. The zero-order valence-electron chi connectivity index (χ0n) is 6.01. The Morgan fingerprint density at radius 1 is 1.33 bits per heavy atom. The molecule has 0 aliphatic heterocycles. The van der Waals surface area contributed by atoms with Crippen LogP contribution in [0.15, 0.2) is 23.0 Å². The van der Waals surface area contributed by atoms with Gasteiger partial charge >= 0.3 is 11.9 Å². The van der Waals surface area contributed by atoms with E-state index in [9.17, 15) is 9.59 Å². The third-order valence-corrected chi connectivity index (χ3v) is 0.650. The summed E-state index contributed by atoms with van der Waals surface area (Å²) in [6.45, 7) is 0. The summed E-state index contributed by atoms with van der Waals surface area (Å²) in [4.78, 5) is 18.9. The molecular formula is C6H7NO5. The third kappa shape index (κ3) is 8.15. The first-order chi connectivity index (χ1) is 5.63. The summed E-state index contributed by atoms with van der Waals surface area (Å²) in [5, 5.41) is 18.8. The van der Waals surface area contributed by atoms with Crippen LogP contribution in [0.5, 0.6) is 0 Å². The number of hydrogen-bond donors (Lipinski definition) is 2. The van der Waals surface area contributed by atoms with Gasteiger partial charge in [-0.15, -0.1) is 0 Å². The van der Waals surface area contributed by atoms with Crippen LogP contribution < -0.4 is 0 Å². The highest BCUT2D eigenvalue weighted by Crippen LogP contribution is 1.74. The van der Waals surface area contributed by atoms with Crippen molar-refractivity contribution in [3.8, 4) is 0 Å². The summed E-state index contributed by atoms with van der Waals surface area (Å²) in [6, 6.07) is 1.72. The molecule has 0 aliphatic rings. The van der Waals surface area contributed by atoms with Crippen molar-refractivity contribution in [2.45, 2.75) is 6.42 Å². The molecule has 1 aromatic rings. The van der Waals surface area contributed by atoms with Crippen LogP contribution in [0.25, 0.3) is 0 Å². The van der Waals surface area contributed by atoms with Gasteiger partial charge < -0.3 is 14.7 Å². The van der Waals surface area contributed by atoms with Gasteiger partial charge in [-0.2, -0.15) is 0 Å². The average Bonchev–Trinajstić information content (AvgIpc) is 2.36. The molecule has 1 heterocycles. The summed E-state index contributed by atoms with van der Waals surface area (Å²) in [5.41, 5.74) is 0. The van der Waals surface area contributed by atoms with Gasteiger partial charge in [-0.25, -0.2) is 0 Å². The number of aromatic nitrogens is 1. The van der Waals surface area contributed by atoms with E-state index in [0.29, 0.717) is 0 Å². The quantitative estimate of drug-likeness (QED) is 0.620. The minimum absolute atomic E-state index is 0.806. The molecule has 0 unspecified atom stereocenters. The van der Waals surface area contributed by atoms with Crippen LogP contribution in [0, 0.1) is 0 Å². The lowest BCUT2D eigenvalue weighted by Crippen LogP contribution is -2.03. The highest BCUT2D eigenvalue weighted by molar-refractivity contribution is 5.88. The second-order valence-corrected chi connectivity index (χ2v) is 1.65. The Balaban J connectivity index is 0.000000211. The maximum absolute atomic E-state index is 9.43. The molecule has 0 saturated carbocycles. The Hall–Kier alpha value is -1.85. The van der Waals surface area contributed by atoms with E-state index in [1.54, 1.807) is 12.3 Å². The van der Waals surface area contributed by atoms with Crippen molar-refractivity contribution in [3.63, 3.8) is 0 Å². The molecular weight excluding hydrogens is 166 g/mol. The zero-order chi connectivity index (χ0) is 9.40. The van der Waals surface area contributed by atoms with E-state index >= 15 is 0 Å². The van der Waals surface area contributed by atoms with Crippen molar-refractivity contribution in [2.24, 2.45) is 0 Å². The SMILES string of the molecule is O=C(O)CC(=O)O.c1cnoc1. The van der Waals surface area contributed by atoms with Crippen molar-refractivity contribution in [2.75, 3.05) is 0 Å². The summed E-state index contributed by atoms with van der Waals surface area (Å²) in [5.74, 6) is -2.62. The zero-order valence-corrected chi connectivity index (χ0v) is 6.01. The Kier molecular flexibility index (Phi) is 4.99. The lowest BCUT2D eigenvalue weighted by Gasteiger charge is -1.80. The highest BCUT2D eigenvalue weighted by Gasteiger charge is 2.01. The molecule has 2 N–H and O–H groups in total. The van der Waals surface area contributed by atoms with E-state index in [-0.39, 0.29) is 0 Å². The lowest BCUT2D eigenvalue weighted by atomic mass is 10.5. The largest absolute Gasteiger partial charge is 0.481 e. The molecule has 12 heavy (non-hydrogen) atoms. The average molecular weight is 173 g/mol. The molecule has 6 nitrogen and oxygen atoms in total. The van der Waals surface area contributed by atoms with Crippen molar-refractivity contribution >= 4 is 11.9 Å². The van der Waals surface area contributed by atoms with Gasteiger partial charge in [0.05, 0.1) is 6.20 Å². The lowest BCUT2D eigenvalue weighted by molar-refractivity contribution is -0.147. The van der Waals surface area contributed by atoms with Gasteiger partial charge in [0.15, 0.2) is 0 Å². The molecule has 0 aromatic carbocycles. The fraction of sp³-hybridized carbons (Fsp3) is 0.167. The van der Waals surface area contributed by atoms with Gasteiger partial charge in [0.25, 0.3) is 0 Å². The van der Waals surface area contributed by atoms with Crippen LogP contribution in [-0.4, -0.2) is 27.3 Å². The van der Waals surface area contributed by atoms with Crippen LogP contribution >= 0.6 is 0 Å². The Labute approximate surface area is 67.4 Å². The van der Waals surface area contributed by atoms with Gasteiger partial charge in [0, 0.05) is 0 Å². The molecule has 0 radical (unpaired) electrons. The highest BCUT2D eigenvalue weighted by atomic mass is 16.5. The monoisotopic (exact) mass is 173 g/mol. The molecule has 0 saturated heterocycles. The van der Waals surface area contributed by atoms with E-state index in [4.69, 9.17) is 10.2 Å². The molecule has 0 atom stereocenters. The number of carbonyl (C=O) groups is 2. The number of hydrogen-bond acceptors (Lipinski definition) is 4. The number of aliphatic carboxylic acids is 2. The van der Waals surface area contributed by atoms with Gasteiger partial charge in [-0.1, -0.05) is 5.16 Å². The molecule has 66 valence electrons. The smallest absolute Gasteiger partial charge is 0.314 e. The number of nitrogens with zero attached hydrogens (tertiary/aromatic N) is 1. The van der Waals surface area contributed by atoms with E-state index in [1.165, 1.54) is 6.26 Å². The first kappa shape index (κ1) is 10.2. The van der Waals surface area contributed by atoms with Crippen molar-refractivity contribution < 1.29 is 24.3 Å². The fourth-order valence-corrected chi connectivity index (χ4v) is 0.305. The van der Waals surface area contributed by atoms with Gasteiger partial charge in [-0.3, -0.25) is 9.59 Å². The van der Waals surface area contributed by atoms with Gasteiger partial charge in [-0.05, 0) is 6.07 Å². The second-order valence-electron chi connectivity index (χ2n) is 1.65. The van der Waals surface area contributed by atoms with Crippen molar-refractivity contribution in [3.05, 3.63) is 18.5 Å². The first-order valence-electron chi connectivity index (χ1n) is 2.91. The molecule has 1 rings (SSSR count). The minimum atomic E-state index is -1.31. The van der Waals surface area contributed by atoms with E-state index in [0.717, 1.165) is 0 Å². The summed E-state index contributed by atoms with van der Waals surface area (Å²) >= 11 is 0. The van der Waals surface area contributed by atoms with Crippen LogP contribution in [0.4, 0.5) is 0 Å². The number of carboxylic acids is 2. The molecule has 0 fully saturated rings. The molecule has 1 aromatic heterocycles. The third-order valence-electron chi connectivity index (χ3n) is 0.650. The predicted molar refractivity (Wildman–Crippen MR) is 36.4 cm³/mol. The molecule has 0 aliphatic carbocycles. The van der Waals surface area contributed by atoms with Crippen molar-refractivity contribution in [1.29, 1.82) is 0 Å². The minimum Gasteiger partial charge on any atom is -0.481 e. The van der Waals surface area contributed by atoms with Crippen LogP contribution in [0.2, 0.25) is 0 Å². The topological polar surface area (TPSA) is 101 Å². The Morgan fingerprint density at radius 2 is 1.92 bits per heavy atom. The Morgan fingerprint density at radius 3 is 2.00 bits per heavy atom. The fourth-order valence-electron chi connectivity index (χ4n) is 0.305. The number of rotatable bonds is 2. The predicted octanol–water partition coefficient (Wildman–Crippen LogP) is 0.220. The second kappa shape index (κ2) is 5.90. The van der Waals surface area contributed by atoms with Crippen LogP contribution in [0.3, 0.4) is 0 Å². The summed E-state index contributed by atoms with van der Waals surface area (Å²) < 4.78 is 4.33. The van der Waals surface area contributed by atoms with Gasteiger partial charge in [0.1, 0.15) is 12.7 Å². The molecule has 0 amide bonds. The molecule has 0 spiro atoms. The van der Waals surface area contributed by atoms with E-state index < -0.39 is 18.4 Å². The molecule has 0 bridgehead atoms. The standard InChI is InChI=1S/C3H3NO.C3H4O4/c1-2-4-5-3-1;4-2(5)1-3(6)7/h1-3H;1H2,(H,4,5)(H,6,7). The van der Waals surface area contributed by atoms with E-state index in [1.807, 2.05) is 0 Å². The van der Waals surface area contributed by atoms with Crippen LogP contribution in [0.1, 0.15) is 6.42 Å². The maximum Gasteiger partial charge on any atom is 0.314 e.